The number of hydrogen-bond acceptors (Lipinski definition) is 11. The highest BCUT2D eigenvalue weighted by Gasteiger charge is 2.38. The molecule has 3 heterocycles. The van der Waals surface area contributed by atoms with E-state index in [4.69, 9.17) is 29.0 Å². The topological polar surface area (TPSA) is 162 Å². The van der Waals surface area contributed by atoms with Gasteiger partial charge in [0.25, 0.3) is 0 Å². The fourth-order valence-corrected chi connectivity index (χ4v) is 5.57. The van der Waals surface area contributed by atoms with Gasteiger partial charge >= 0.3 is 13.7 Å². The average molecular weight is 535 g/mol. The number of aromatic nitrogens is 4. The molecule has 1 aliphatic heterocycles. The maximum absolute atomic E-state index is 13.6. The van der Waals surface area contributed by atoms with Crippen LogP contribution in [0.2, 0.25) is 0 Å². The zero-order chi connectivity index (χ0) is 26.6. The van der Waals surface area contributed by atoms with Gasteiger partial charge in [0.2, 0.25) is 11.8 Å². The van der Waals surface area contributed by atoms with Gasteiger partial charge in [0, 0.05) is 5.92 Å². The van der Waals surface area contributed by atoms with Gasteiger partial charge < -0.3 is 24.5 Å². The highest BCUT2D eigenvalue weighted by molar-refractivity contribution is 7.52. The Kier molecular flexibility index (Phi) is 8.28. The number of nitrogens with one attached hydrogen (secondary N) is 1. The summed E-state index contributed by atoms with van der Waals surface area (Å²) in [6.07, 6.45) is 1.35. The molecule has 37 heavy (non-hydrogen) atoms. The Hall–Kier alpha value is -3.25. The van der Waals surface area contributed by atoms with Crippen molar-refractivity contribution < 1.29 is 32.6 Å². The standard InChI is InChI=1S/C23H31N6O7P/c1-5-33-20-18-19(26-23(24)27-20)29(13-25-18)21-14(2)11-17(35-21)12-34-37(31,28-15(3)22(30)32-4)36-16-9-7-6-8-10-16/h6-10,13-15,17,21H,5,11-12H2,1-4H3,(H,28,31)(H2,24,26,27). The van der Waals surface area contributed by atoms with E-state index in [1.165, 1.54) is 14.0 Å². The van der Waals surface area contributed by atoms with Crippen LogP contribution in [0.25, 0.3) is 11.2 Å². The number of hydrogen-bond donors (Lipinski definition) is 2. The van der Waals surface area contributed by atoms with Crippen LogP contribution in [-0.4, -0.2) is 58.0 Å². The van der Waals surface area contributed by atoms with Crippen LogP contribution in [0.1, 0.15) is 33.4 Å². The van der Waals surface area contributed by atoms with Crippen LogP contribution in [0.5, 0.6) is 11.6 Å². The number of nitrogens with zero attached hydrogens (tertiary/aromatic N) is 4. The number of nitrogen functional groups attached to an aromatic ring is 1. The summed E-state index contributed by atoms with van der Waals surface area (Å²) in [5, 5.41) is 2.64. The molecule has 0 aliphatic carbocycles. The van der Waals surface area contributed by atoms with Crippen molar-refractivity contribution in [2.45, 2.75) is 45.6 Å². The first kappa shape index (κ1) is 26.8. The highest BCUT2D eigenvalue weighted by atomic mass is 31.2. The van der Waals surface area contributed by atoms with Crippen LogP contribution in [0.3, 0.4) is 0 Å². The van der Waals surface area contributed by atoms with Gasteiger partial charge in [-0.05, 0) is 32.4 Å². The summed E-state index contributed by atoms with van der Waals surface area (Å²) >= 11 is 0. The van der Waals surface area contributed by atoms with Crippen molar-refractivity contribution in [1.82, 2.24) is 24.6 Å². The first-order valence-electron chi connectivity index (χ1n) is 11.9. The van der Waals surface area contributed by atoms with Crippen molar-refractivity contribution in [1.29, 1.82) is 0 Å². The van der Waals surface area contributed by atoms with Crippen molar-refractivity contribution in [3.63, 3.8) is 0 Å². The number of rotatable bonds is 11. The van der Waals surface area contributed by atoms with Gasteiger partial charge in [0.15, 0.2) is 11.2 Å². The van der Waals surface area contributed by atoms with Crippen LogP contribution in [0.15, 0.2) is 36.7 Å². The van der Waals surface area contributed by atoms with E-state index in [0.29, 0.717) is 35.8 Å². The zero-order valence-electron chi connectivity index (χ0n) is 21.1. The summed E-state index contributed by atoms with van der Waals surface area (Å²) in [5.41, 5.74) is 6.85. The second-order valence-electron chi connectivity index (χ2n) is 8.58. The summed E-state index contributed by atoms with van der Waals surface area (Å²) in [6, 6.07) is 7.61. The number of anilines is 1. The molecule has 1 saturated heterocycles. The SMILES string of the molecule is CCOc1nc(N)nc2c1ncn2C1OC(COP(=O)(NC(C)C(=O)OC)Oc2ccccc2)CC1C. The zero-order valence-corrected chi connectivity index (χ0v) is 22.0. The third-order valence-corrected chi connectivity index (χ3v) is 7.36. The smallest absolute Gasteiger partial charge is 0.459 e. The lowest BCUT2D eigenvalue weighted by Gasteiger charge is -2.24. The summed E-state index contributed by atoms with van der Waals surface area (Å²) in [6.45, 7) is 5.72. The van der Waals surface area contributed by atoms with Crippen molar-refractivity contribution in [2.24, 2.45) is 5.92 Å². The number of para-hydroxylation sites is 1. The molecule has 0 bridgehead atoms. The van der Waals surface area contributed by atoms with Gasteiger partial charge in [0.1, 0.15) is 18.0 Å². The normalized spacial score (nSPS) is 21.9. The number of carbonyl (C=O) groups excluding carboxylic acids is 1. The molecule has 3 N–H and O–H groups in total. The lowest BCUT2D eigenvalue weighted by Crippen LogP contribution is -2.35. The lowest BCUT2D eigenvalue weighted by molar-refractivity contribution is -0.142. The minimum Gasteiger partial charge on any atom is -0.476 e. The fraction of sp³-hybridized carbons (Fsp3) is 0.478. The average Bonchev–Trinajstić information content (AvgIpc) is 3.45. The molecule has 5 unspecified atom stereocenters. The van der Waals surface area contributed by atoms with E-state index in [2.05, 4.69) is 20.0 Å². The number of esters is 1. The molecule has 0 saturated carbocycles. The Morgan fingerprint density at radius 3 is 2.78 bits per heavy atom. The second-order valence-corrected chi connectivity index (χ2v) is 10.3. The van der Waals surface area contributed by atoms with Gasteiger partial charge in [-0.2, -0.15) is 15.1 Å². The molecular weight excluding hydrogens is 503 g/mol. The molecule has 0 amide bonds. The predicted molar refractivity (Wildman–Crippen MR) is 134 cm³/mol. The van der Waals surface area contributed by atoms with Gasteiger partial charge in [-0.1, -0.05) is 25.1 Å². The fourth-order valence-electron chi connectivity index (χ4n) is 4.05. The number of methoxy groups -OCH3 is 1. The monoisotopic (exact) mass is 534 g/mol. The number of fused-ring (bicyclic) bond motifs is 1. The van der Waals surface area contributed by atoms with Gasteiger partial charge in [-0.25, -0.2) is 9.55 Å². The molecule has 3 aromatic rings. The number of imidazole rings is 1. The summed E-state index contributed by atoms with van der Waals surface area (Å²) in [4.78, 5) is 24.8. The van der Waals surface area contributed by atoms with Crippen LogP contribution in [0.4, 0.5) is 5.95 Å². The Morgan fingerprint density at radius 2 is 2.08 bits per heavy atom. The summed E-state index contributed by atoms with van der Waals surface area (Å²) < 4.78 is 43.3. The van der Waals surface area contributed by atoms with Crippen LogP contribution in [-0.2, 0) is 23.4 Å². The first-order chi connectivity index (χ1) is 17.7. The Balaban J connectivity index is 1.49. The van der Waals surface area contributed by atoms with E-state index in [0.717, 1.165) is 0 Å². The molecule has 13 nitrogen and oxygen atoms in total. The van der Waals surface area contributed by atoms with Gasteiger partial charge in [0.05, 0.1) is 32.8 Å². The van der Waals surface area contributed by atoms with Gasteiger partial charge in [-0.15, -0.1) is 0 Å². The second kappa shape index (κ2) is 11.4. The Labute approximate surface area is 214 Å². The van der Waals surface area contributed by atoms with Gasteiger partial charge in [-0.3, -0.25) is 13.9 Å². The predicted octanol–water partition coefficient (Wildman–Crippen LogP) is 3.09. The number of benzene rings is 1. The maximum atomic E-state index is 13.6. The third kappa shape index (κ3) is 6.19. The quantitative estimate of drug-likeness (QED) is 0.273. The molecule has 1 fully saturated rings. The van der Waals surface area contributed by atoms with Crippen LogP contribution >= 0.6 is 7.75 Å². The highest BCUT2D eigenvalue weighted by Crippen LogP contribution is 2.46. The van der Waals surface area contributed by atoms with Crippen molar-refractivity contribution in [3.8, 4) is 11.6 Å². The minimum absolute atomic E-state index is 0.0362. The third-order valence-electron chi connectivity index (χ3n) is 5.72. The molecule has 0 radical (unpaired) electrons. The molecule has 4 rings (SSSR count). The van der Waals surface area contributed by atoms with Crippen molar-refractivity contribution >= 4 is 30.8 Å². The molecule has 2 aromatic heterocycles. The van der Waals surface area contributed by atoms with Crippen LogP contribution in [0, 0.1) is 5.92 Å². The largest absolute Gasteiger partial charge is 0.476 e. The summed E-state index contributed by atoms with van der Waals surface area (Å²) in [7, 11) is -2.74. The van der Waals surface area contributed by atoms with Crippen molar-refractivity contribution in [2.75, 3.05) is 26.1 Å². The molecule has 1 aromatic carbocycles. The first-order valence-corrected chi connectivity index (χ1v) is 13.4. The van der Waals surface area contributed by atoms with E-state index in [-0.39, 0.29) is 18.5 Å². The Morgan fingerprint density at radius 1 is 1.32 bits per heavy atom. The number of ether oxygens (including phenoxy) is 3. The van der Waals surface area contributed by atoms with Crippen molar-refractivity contribution in [3.05, 3.63) is 36.7 Å². The van der Waals surface area contributed by atoms with E-state index >= 15 is 0 Å². The molecular formula is C23H31N6O7P. The minimum atomic E-state index is -3.98. The molecule has 5 atom stereocenters. The summed E-state index contributed by atoms with van der Waals surface area (Å²) in [5.74, 6) is 0.119. The lowest BCUT2D eigenvalue weighted by atomic mass is 10.1. The maximum Gasteiger partial charge on any atom is 0.459 e. The molecule has 14 heteroatoms. The number of nitrogens with two attached hydrogens (primary N) is 1. The van der Waals surface area contributed by atoms with E-state index in [9.17, 15) is 9.36 Å². The van der Waals surface area contributed by atoms with Crippen LogP contribution < -0.4 is 20.1 Å². The molecule has 200 valence electrons. The van der Waals surface area contributed by atoms with E-state index in [1.807, 2.05) is 13.8 Å². The molecule has 1 aliphatic rings. The van der Waals surface area contributed by atoms with E-state index in [1.54, 1.807) is 41.2 Å². The van der Waals surface area contributed by atoms with E-state index < -0.39 is 32.1 Å². The Bertz CT molecular complexity index is 1270. The molecule has 0 spiro atoms. The number of carbonyl (C=O) groups is 1.